The van der Waals surface area contributed by atoms with E-state index in [1.54, 1.807) is 6.20 Å². The van der Waals surface area contributed by atoms with Gasteiger partial charge in [0, 0.05) is 18.2 Å². The van der Waals surface area contributed by atoms with Crippen molar-refractivity contribution in [3.63, 3.8) is 0 Å². The third kappa shape index (κ3) is 2.13. The van der Waals surface area contributed by atoms with E-state index in [1.165, 1.54) is 6.07 Å². The van der Waals surface area contributed by atoms with Crippen LogP contribution >= 0.6 is 0 Å². The minimum absolute atomic E-state index is 0.156. The summed E-state index contributed by atoms with van der Waals surface area (Å²) in [5, 5.41) is 0. The zero-order valence-electron chi connectivity index (χ0n) is 10.3. The minimum Gasteiger partial charge on any atom is -0.327 e. The molecule has 0 bridgehead atoms. The molecule has 2 aromatic rings. The van der Waals surface area contributed by atoms with Gasteiger partial charge < -0.3 is 10.3 Å². The molecule has 1 atom stereocenters. The second-order valence-corrected chi connectivity index (χ2v) is 4.17. The van der Waals surface area contributed by atoms with Gasteiger partial charge in [-0.1, -0.05) is 0 Å². The summed E-state index contributed by atoms with van der Waals surface area (Å²) in [7, 11) is 0. The Balaban J connectivity index is 2.53. The van der Waals surface area contributed by atoms with Crippen LogP contribution in [0.25, 0.3) is 11.4 Å². The van der Waals surface area contributed by atoms with Gasteiger partial charge in [0.05, 0.1) is 11.9 Å². The SMILES string of the molecule is CCn1c(C(C)N)cnc1-c1ccc(F)c(F)c1. The Labute approximate surface area is 104 Å². The molecule has 0 spiro atoms. The van der Waals surface area contributed by atoms with E-state index in [-0.39, 0.29) is 6.04 Å². The van der Waals surface area contributed by atoms with Gasteiger partial charge in [-0.05, 0) is 32.0 Å². The number of rotatable bonds is 3. The summed E-state index contributed by atoms with van der Waals surface area (Å²) in [4.78, 5) is 4.24. The van der Waals surface area contributed by atoms with Gasteiger partial charge in [0.25, 0.3) is 0 Å². The first-order valence-electron chi connectivity index (χ1n) is 5.81. The van der Waals surface area contributed by atoms with Gasteiger partial charge in [-0.3, -0.25) is 0 Å². The third-order valence-electron chi connectivity index (χ3n) is 2.85. The smallest absolute Gasteiger partial charge is 0.159 e. The number of halogens is 2. The molecule has 2 N–H and O–H groups in total. The van der Waals surface area contributed by atoms with E-state index in [4.69, 9.17) is 5.73 Å². The maximum atomic E-state index is 13.2. The monoisotopic (exact) mass is 251 g/mol. The first kappa shape index (κ1) is 12.7. The van der Waals surface area contributed by atoms with E-state index in [0.717, 1.165) is 17.8 Å². The van der Waals surface area contributed by atoms with Crippen molar-refractivity contribution in [2.24, 2.45) is 5.73 Å². The van der Waals surface area contributed by atoms with E-state index >= 15 is 0 Å². The molecule has 1 aromatic carbocycles. The lowest BCUT2D eigenvalue weighted by Crippen LogP contribution is -2.12. The Hall–Kier alpha value is -1.75. The van der Waals surface area contributed by atoms with Gasteiger partial charge in [0.2, 0.25) is 0 Å². The number of hydrogen-bond acceptors (Lipinski definition) is 2. The molecule has 1 aromatic heterocycles. The van der Waals surface area contributed by atoms with Crippen LogP contribution in [0.2, 0.25) is 0 Å². The number of benzene rings is 1. The molecule has 0 radical (unpaired) electrons. The maximum absolute atomic E-state index is 13.2. The summed E-state index contributed by atoms with van der Waals surface area (Å²) in [6.07, 6.45) is 1.67. The fraction of sp³-hybridized carbons (Fsp3) is 0.308. The van der Waals surface area contributed by atoms with Crippen LogP contribution in [0.15, 0.2) is 24.4 Å². The van der Waals surface area contributed by atoms with Gasteiger partial charge in [-0.25, -0.2) is 13.8 Å². The molecule has 0 aliphatic heterocycles. The fourth-order valence-electron chi connectivity index (χ4n) is 1.95. The quantitative estimate of drug-likeness (QED) is 0.911. The summed E-state index contributed by atoms with van der Waals surface area (Å²) in [6.45, 7) is 4.49. The van der Waals surface area contributed by atoms with Gasteiger partial charge in [-0.2, -0.15) is 0 Å². The predicted octanol–water partition coefficient (Wildman–Crippen LogP) is 2.87. The van der Waals surface area contributed by atoms with Crippen LogP contribution in [0.5, 0.6) is 0 Å². The van der Waals surface area contributed by atoms with Gasteiger partial charge in [-0.15, -0.1) is 0 Å². The highest BCUT2D eigenvalue weighted by molar-refractivity contribution is 5.56. The first-order valence-corrected chi connectivity index (χ1v) is 5.81. The summed E-state index contributed by atoms with van der Waals surface area (Å²) in [5.41, 5.74) is 7.26. The van der Waals surface area contributed by atoms with Crippen molar-refractivity contribution in [2.45, 2.75) is 26.4 Å². The molecular weight excluding hydrogens is 236 g/mol. The largest absolute Gasteiger partial charge is 0.327 e. The topological polar surface area (TPSA) is 43.8 Å². The first-order chi connectivity index (χ1) is 8.54. The Kier molecular flexibility index (Phi) is 3.43. The molecule has 0 saturated carbocycles. The standard InChI is InChI=1S/C13H15F2N3/c1-3-18-12(8(2)16)7-17-13(18)9-4-5-10(14)11(15)6-9/h4-8H,3,16H2,1-2H3. The summed E-state index contributed by atoms with van der Waals surface area (Å²) in [6, 6.07) is 3.61. The van der Waals surface area contributed by atoms with E-state index in [0.29, 0.717) is 17.9 Å². The van der Waals surface area contributed by atoms with Crippen molar-refractivity contribution >= 4 is 0 Å². The second kappa shape index (κ2) is 4.86. The Morgan fingerprint density at radius 2 is 2.06 bits per heavy atom. The molecule has 0 aliphatic rings. The molecule has 1 unspecified atom stereocenters. The van der Waals surface area contributed by atoms with Crippen LogP contribution in [0.1, 0.15) is 25.6 Å². The maximum Gasteiger partial charge on any atom is 0.159 e. The summed E-state index contributed by atoms with van der Waals surface area (Å²) < 4.78 is 28.0. The number of nitrogens with zero attached hydrogens (tertiary/aromatic N) is 2. The van der Waals surface area contributed by atoms with Crippen molar-refractivity contribution in [1.29, 1.82) is 0 Å². The van der Waals surface area contributed by atoms with Crippen molar-refractivity contribution in [2.75, 3.05) is 0 Å². The minimum atomic E-state index is -0.875. The van der Waals surface area contributed by atoms with Crippen LogP contribution < -0.4 is 5.73 Å². The number of imidazole rings is 1. The van der Waals surface area contributed by atoms with Crippen LogP contribution in [-0.2, 0) is 6.54 Å². The molecule has 0 aliphatic carbocycles. The van der Waals surface area contributed by atoms with Crippen molar-refractivity contribution in [3.05, 3.63) is 41.7 Å². The normalized spacial score (nSPS) is 12.7. The molecule has 18 heavy (non-hydrogen) atoms. The van der Waals surface area contributed by atoms with Gasteiger partial charge in [0.15, 0.2) is 11.6 Å². The summed E-state index contributed by atoms with van der Waals surface area (Å²) in [5.74, 6) is -1.13. The molecule has 0 amide bonds. The average Bonchev–Trinajstić information content (AvgIpc) is 2.76. The van der Waals surface area contributed by atoms with Gasteiger partial charge in [0.1, 0.15) is 5.82 Å². The molecule has 2 rings (SSSR count). The van der Waals surface area contributed by atoms with Crippen molar-refractivity contribution in [3.8, 4) is 11.4 Å². The molecule has 0 fully saturated rings. The molecular formula is C13H15F2N3. The van der Waals surface area contributed by atoms with Crippen molar-refractivity contribution < 1.29 is 8.78 Å². The third-order valence-corrected chi connectivity index (χ3v) is 2.85. The number of hydrogen-bond donors (Lipinski definition) is 1. The lowest BCUT2D eigenvalue weighted by molar-refractivity contribution is 0.509. The van der Waals surface area contributed by atoms with Crippen molar-refractivity contribution in [1.82, 2.24) is 9.55 Å². The van der Waals surface area contributed by atoms with Crippen LogP contribution in [0, 0.1) is 11.6 Å². The highest BCUT2D eigenvalue weighted by Crippen LogP contribution is 2.23. The van der Waals surface area contributed by atoms with E-state index in [2.05, 4.69) is 4.98 Å². The molecule has 96 valence electrons. The number of nitrogens with two attached hydrogens (primary N) is 1. The zero-order valence-corrected chi connectivity index (χ0v) is 10.3. The van der Waals surface area contributed by atoms with Crippen LogP contribution in [0.3, 0.4) is 0 Å². The lowest BCUT2D eigenvalue weighted by Gasteiger charge is -2.11. The Morgan fingerprint density at radius 1 is 1.33 bits per heavy atom. The average molecular weight is 251 g/mol. The molecule has 3 nitrogen and oxygen atoms in total. The number of aromatic nitrogens is 2. The lowest BCUT2D eigenvalue weighted by atomic mass is 10.2. The highest BCUT2D eigenvalue weighted by Gasteiger charge is 2.14. The Bertz CT molecular complexity index is 561. The second-order valence-electron chi connectivity index (χ2n) is 4.17. The van der Waals surface area contributed by atoms with E-state index in [1.807, 2.05) is 18.4 Å². The molecule has 0 saturated heterocycles. The zero-order chi connectivity index (χ0) is 13.3. The van der Waals surface area contributed by atoms with Gasteiger partial charge >= 0.3 is 0 Å². The van der Waals surface area contributed by atoms with E-state index < -0.39 is 11.6 Å². The highest BCUT2D eigenvalue weighted by atomic mass is 19.2. The fourth-order valence-corrected chi connectivity index (χ4v) is 1.95. The summed E-state index contributed by atoms with van der Waals surface area (Å²) >= 11 is 0. The predicted molar refractivity (Wildman–Crippen MR) is 65.9 cm³/mol. The van der Waals surface area contributed by atoms with Crippen LogP contribution in [-0.4, -0.2) is 9.55 Å². The Morgan fingerprint density at radius 3 is 2.61 bits per heavy atom. The van der Waals surface area contributed by atoms with Crippen LogP contribution in [0.4, 0.5) is 8.78 Å². The molecule has 5 heteroatoms. The molecule has 1 heterocycles. The van der Waals surface area contributed by atoms with E-state index in [9.17, 15) is 8.78 Å².